The summed E-state index contributed by atoms with van der Waals surface area (Å²) in [5, 5.41) is 16.9. The second kappa shape index (κ2) is 11.1. The zero-order valence-electron chi connectivity index (χ0n) is 18.2. The maximum Gasteiger partial charge on any atom is 0.283 e. The molecule has 6 nitrogen and oxygen atoms in total. The van der Waals surface area contributed by atoms with Crippen molar-refractivity contribution in [2.45, 2.75) is 6.61 Å². The summed E-state index contributed by atoms with van der Waals surface area (Å²) < 4.78 is 5.87. The number of carbonyl (C=O) groups is 1. The molecule has 0 spiro atoms. The standard InChI is InChI=1S/C25H15Cl3N4O2S.ClH/c26-16-9-8-15(21(28)12-16)13-34-17-5-3-4-14(10-17)11-19-22(29)32-25(30-23(19)33)35-24(31-32)18-6-1-2-7-20(18)27;/h1-12,29H,13H2;1H. The Labute approximate surface area is 232 Å². The summed E-state index contributed by atoms with van der Waals surface area (Å²) in [5.74, 6) is 0.0116. The molecule has 0 atom stereocenters. The van der Waals surface area contributed by atoms with Gasteiger partial charge in [0.2, 0.25) is 5.17 Å². The van der Waals surface area contributed by atoms with Crippen molar-refractivity contribution in [1.29, 1.82) is 5.41 Å². The topological polar surface area (TPSA) is 78.1 Å². The van der Waals surface area contributed by atoms with Gasteiger partial charge in [-0.2, -0.15) is 15.1 Å². The molecule has 0 saturated heterocycles. The van der Waals surface area contributed by atoms with E-state index in [-0.39, 0.29) is 30.4 Å². The van der Waals surface area contributed by atoms with Crippen molar-refractivity contribution < 1.29 is 9.53 Å². The van der Waals surface area contributed by atoms with Crippen molar-refractivity contribution in [2.75, 3.05) is 0 Å². The summed E-state index contributed by atoms with van der Waals surface area (Å²) in [4.78, 5) is 16.9. The Morgan fingerprint density at radius 3 is 2.58 bits per heavy atom. The normalized spacial score (nSPS) is 15.9. The van der Waals surface area contributed by atoms with Crippen LogP contribution in [0.25, 0.3) is 6.08 Å². The van der Waals surface area contributed by atoms with Crippen LogP contribution in [0.5, 0.6) is 5.75 Å². The van der Waals surface area contributed by atoms with Gasteiger partial charge in [0, 0.05) is 21.2 Å². The number of amides is 1. The number of hydrazone groups is 1. The largest absolute Gasteiger partial charge is 0.489 e. The summed E-state index contributed by atoms with van der Waals surface area (Å²) in [7, 11) is 0. The molecule has 0 radical (unpaired) electrons. The van der Waals surface area contributed by atoms with E-state index in [0.717, 1.165) is 5.56 Å². The van der Waals surface area contributed by atoms with Crippen molar-refractivity contribution in [2.24, 2.45) is 10.1 Å². The summed E-state index contributed by atoms with van der Waals surface area (Å²) in [6.45, 7) is 0.253. The molecule has 2 aliphatic heterocycles. The molecule has 0 fully saturated rings. The lowest BCUT2D eigenvalue weighted by molar-refractivity contribution is -0.114. The zero-order chi connectivity index (χ0) is 24.5. The van der Waals surface area contributed by atoms with E-state index in [1.54, 1.807) is 48.5 Å². The van der Waals surface area contributed by atoms with Gasteiger partial charge in [0.1, 0.15) is 17.4 Å². The number of ether oxygens (including phenoxy) is 1. The third-order valence-electron chi connectivity index (χ3n) is 5.14. The van der Waals surface area contributed by atoms with Crippen molar-refractivity contribution in [1.82, 2.24) is 5.01 Å². The van der Waals surface area contributed by atoms with Gasteiger partial charge in [0.05, 0.1) is 10.6 Å². The molecule has 1 N–H and O–H groups in total. The lowest BCUT2D eigenvalue weighted by Gasteiger charge is -2.20. The van der Waals surface area contributed by atoms with Crippen LogP contribution in [0.2, 0.25) is 15.1 Å². The van der Waals surface area contributed by atoms with Gasteiger partial charge in [-0.25, -0.2) is 0 Å². The first-order valence-corrected chi connectivity index (χ1v) is 12.3. The lowest BCUT2D eigenvalue weighted by Crippen LogP contribution is -2.35. The predicted octanol–water partition coefficient (Wildman–Crippen LogP) is 7.32. The van der Waals surface area contributed by atoms with Crippen molar-refractivity contribution in [3.05, 3.63) is 104 Å². The number of rotatable bonds is 5. The van der Waals surface area contributed by atoms with E-state index in [9.17, 15) is 4.79 Å². The van der Waals surface area contributed by atoms with E-state index >= 15 is 0 Å². The number of nitrogens with zero attached hydrogens (tertiary/aromatic N) is 3. The molecular weight excluding hydrogens is 562 g/mol. The number of aliphatic imine (C=N–C) groups is 1. The first-order chi connectivity index (χ1) is 16.9. The van der Waals surface area contributed by atoms with Crippen LogP contribution >= 0.6 is 59.0 Å². The van der Waals surface area contributed by atoms with Crippen molar-refractivity contribution in [3.8, 4) is 5.75 Å². The average molecular weight is 578 g/mol. The highest BCUT2D eigenvalue weighted by molar-refractivity contribution is 8.27. The van der Waals surface area contributed by atoms with Gasteiger partial charge in [-0.1, -0.05) is 71.2 Å². The lowest BCUT2D eigenvalue weighted by atomic mass is 10.1. The van der Waals surface area contributed by atoms with Crippen LogP contribution in [0.15, 0.2) is 82.4 Å². The molecule has 36 heavy (non-hydrogen) atoms. The van der Waals surface area contributed by atoms with Crippen molar-refractivity contribution in [3.63, 3.8) is 0 Å². The smallest absolute Gasteiger partial charge is 0.283 e. The fraction of sp³-hybridized carbons (Fsp3) is 0.0400. The summed E-state index contributed by atoms with van der Waals surface area (Å²) in [6, 6.07) is 19.7. The highest BCUT2D eigenvalue weighted by Gasteiger charge is 2.36. The van der Waals surface area contributed by atoms with Crippen LogP contribution in [0.1, 0.15) is 16.7 Å². The molecule has 0 saturated carbocycles. The quantitative estimate of drug-likeness (QED) is 0.322. The molecule has 182 valence electrons. The Morgan fingerprint density at radius 2 is 1.81 bits per heavy atom. The first-order valence-electron chi connectivity index (χ1n) is 10.3. The number of benzene rings is 3. The van der Waals surface area contributed by atoms with Crippen LogP contribution in [-0.2, 0) is 11.4 Å². The minimum atomic E-state index is -0.511. The average Bonchev–Trinajstić information content (AvgIpc) is 3.25. The fourth-order valence-corrected chi connectivity index (χ4v) is 5.07. The third-order valence-corrected chi connectivity index (χ3v) is 7.00. The Balaban J connectivity index is 0.00000304. The van der Waals surface area contributed by atoms with Crippen LogP contribution in [-0.4, -0.2) is 27.0 Å². The van der Waals surface area contributed by atoms with E-state index in [2.05, 4.69) is 10.1 Å². The maximum atomic E-state index is 12.8. The second-order valence-corrected chi connectivity index (χ2v) is 9.71. The molecule has 11 heteroatoms. The number of fused-ring (bicyclic) bond motifs is 1. The number of carbonyl (C=O) groups excluding carboxylic acids is 1. The molecule has 1 amide bonds. The van der Waals surface area contributed by atoms with Gasteiger partial charge in [-0.3, -0.25) is 10.2 Å². The van der Waals surface area contributed by atoms with E-state index in [1.165, 1.54) is 16.8 Å². The second-order valence-electron chi connectivity index (χ2n) is 7.50. The van der Waals surface area contributed by atoms with E-state index in [4.69, 9.17) is 44.9 Å². The molecule has 2 heterocycles. The van der Waals surface area contributed by atoms with Crippen LogP contribution in [0.4, 0.5) is 0 Å². The SMILES string of the molecule is Cl.N=C1C(=Cc2cccc(OCc3ccc(Cl)cc3Cl)c2)C(=O)N=C2SC(c3ccccc3Cl)=NN12. The van der Waals surface area contributed by atoms with Gasteiger partial charge in [0.15, 0.2) is 5.84 Å². The van der Waals surface area contributed by atoms with Gasteiger partial charge in [-0.15, -0.1) is 12.4 Å². The number of hydrogen-bond donors (Lipinski definition) is 1. The minimum Gasteiger partial charge on any atom is -0.489 e. The molecule has 5 rings (SSSR count). The molecule has 0 bridgehead atoms. The number of thioether (sulfide) groups is 1. The molecule has 3 aromatic rings. The Hall–Kier alpha value is -2.81. The van der Waals surface area contributed by atoms with E-state index in [1.807, 2.05) is 24.3 Å². The van der Waals surface area contributed by atoms with Gasteiger partial charge < -0.3 is 4.74 Å². The number of nitrogens with one attached hydrogen (secondary N) is 1. The molecule has 2 aliphatic rings. The fourth-order valence-electron chi connectivity index (χ4n) is 3.40. The molecular formula is C25H16Cl4N4O2S. The van der Waals surface area contributed by atoms with Gasteiger partial charge in [-0.05, 0) is 53.7 Å². The van der Waals surface area contributed by atoms with Crippen molar-refractivity contribution >= 4 is 87.0 Å². The Kier molecular flexibility index (Phi) is 8.07. The summed E-state index contributed by atoms with van der Waals surface area (Å²) >= 11 is 19.7. The number of amidine groups is 2. The van der Waals surface area contributed by atoms with Gasteiger partial charge in [0.25, 0.3) is 5.91 Å². The highest BCUT2D eigenvalue weighted by Crippen LogP contribution is 2.33. The third kappa shape index (κ3) is 5.45. The first kappa shape index (κ1) is 26.3. The Bertz CT molecular complexity index is 1470. The monoisotopic (exact) mass is 576 g/mol. The molecule has 0 unspecified atom stereocenters. The van der Waals surface area contributed by atoms with Gasteiger partial charge >= 0.3 is 0 Å². The van der Waals surface area contributed by atoms with E-state index in [0.29, 0.717) is 42.2 Å². The minimum absolute atomic E-state index is 0. The van der Waals surface area contributed by atoms with Crippen LogP contribution in [0.3, 0.4) is 0 Å². The number of hydrogen-bond acceptors (Lipinski definition) is 5. The summed E-state index contributed by atoms with van der Waals surface area (Å²) in [5.41, 5.74) is 2.31. The van der Waals surface area contributed by atoms with Crippen LogP contribution < -0.4 is 4.74 Å². The van der Waals surface area contributed by atoms with Crippen LogP contribution in [0, 0.1) is 5.41 Å². The molecule has 0 aliphatic carbocycles. The number of halogens is 4. The molecule has 0 aromatic heterocycles. The summed E-state index contributed by atoms with van der Waals surface area (Å²) in [6.07, 6.45) is 1.60. The Morgan fingerprint density at radius 1 is 1.00 bits per heavy atom. The van der Waals surface area contributed by atoms with E-state index < -0.39 is 5.91 Å². The maximum absolute atomic E-state index is 12.8. The highest BCUT2D eigenvalue weighted by atomic mass is 35.5. The molecule has 3 aromatic carbocycles. The predicted molar refractivity (Wildman–Crippen MR) is 150 cm³/mol. The zero-order valence-corrected chi connectivity index (χ0v) is 22.1.